The number of hydrogen-bond donors (Lipinski definition) is 3. The van der Waals surface area contributed by atoms with Gasteiger partial charge < -0.3 is 24.8 Å². The van der Waals surface area contributed by atoms with Crippen molar-refractivity contribution >= 4 is 12.2 Å². The van der Waals surface area contributed by atoms with Crippen LogP contribution in [-0.2, 0) is 10.9 Å². The third kappa shape index (κ3) is 5.59. The molecule has 0 unspecified atom stereocenters. The van der Waals surface area contributed by atoms with Gasteiger partial charge in [-0.25, -0.2) is 8.78 Å². The van der Waals surface area contributed by atoms with Crippen molar-refractivity contribution in [2.75, 3.05) is 6.61 Å². The lowest BCUT2D eigenvalue weighted by Crippen LogP contribution is -2.51. The van der Waals surface area contributed by atoms with Gasteiger partial charge in [0.2, 0.25) is 6.29 Å². The van der Waals surface area contributed by atoms with E-state index in [1.807, 2.05) is 0 Å². The van der Waals surface area contributed by atoms with Gasteiger partial charge >= 0.3 is 6.18 Å². The van der Waals surface area contributed by atoms with Crippen LogP contribution in [-0.4, -0.2) is 46.5 Å². The van der Waals surface area contributed by atoms with Crippen LogP contribution in [0.1, 0.15) is 23.1 Å². The van der Waals surface area contributed by atoms with Crippen LogP contribution in [0, 0.1) is 11.6 Å². The summed E-state index contributed by atoms with van der Waals surface area (Å²) in [4.78, 5) is 0. The summed E-state index contributed by atoms with van der Waals surface area (Å²) in [6, 6.07) is 5.57. The van der Waals surface area contributed by atoms with Crippen molar-refractivity contribution < 1.29 is 46.7 Å². The highest BCUT2D eigenvalue weighted by Gasteiger charge is 2.38. The highest BCUT2D eigenvalue weighted by molar-refractivity contribution is 5.72. The molecule has 0 aliphatic carbocycles. The molecule has 2 aromatic carbocycles. The Kier molecular flexibility index (Phi) is 6.95. The number of alkyl halides is 3. The molecule has 3 rings (SSSR count). The van der Waals surface area contributed by atoms with Gasteiger partial charge in [0.25, 0.3) is 0 Å². The SMILES string of the molecule is OC[C@@H]1C[C@H](O)[C@@H](O)[C@H](Oc2c(F)cc(F)cc2/C=C/c2ccc(C(F)(F)F)cc2)O1. The van der Waals surface area contributed by atoms with Gasteiger partial charge in [0.1, 0.15) is 11.9 Å². The van der Waals surface area contributed by atoms with Crippen molar-refractivity contribution in [3.05, 3.63) is 64.7 Å². The first-order chi connectivity index (χ1) is 14.6. The molecule has 1 saturated heterocycles. The minimum atomic E-state index is -4.49. The first-order valence-electron chi connectivity index (χ1n) is 9.22. The Morgan fingerprint density at radius 2 is 1.74 bits per heavy atom. The molecule has 31 heavy (non-hydrogen) atoms. The molecule has 1 heterocycles. The predicted molar refractivity (Wildman–Crippen MR) is 99.7 cm³/mol. The molecule has 4 atom stereocenters. The molecular weight excluding hydrogens is 427 g/mol. The van der Waals surface area contributed by atoms with Gasteiger partial charge in [0.05, 0.1) is 24.4 Å². The summed E-state index contributed by atoms with van der Waals surface area (Å²) in [6.45, 7) is -0.476. The summed E-state index contributed by atoms with van der Waals surface area (Å²) in [7, 11) is 0. The average Bonchev–Trinajstić information content (AvgIpc) is 2.71. The lowest BCUT2D eigenvalue weighted by molar-refractivity contribution is -0.241. The van der Waals surface area contributed by atoms with Crippen LogP contribution < -0.4 is 4.74 Å². The second kappa shape index (κ2) is 9.31. The van der Waals surface area contributed by atoms with Crippen molar-refractivity contribution in [3.8, 4) is 5.75 Å². The Morgan fingerprint density at radius 3 is 2.35 bits per heavy atom. The van der Waals surface area contributed by atoms with E-state index in [-0.39, 0.29) is 12.0 Å². The fraction of sp³-hybridized carbons (Fsp3) is 0.333. The molecular formula is C21H19F5O5. The zero-order valence-corrected chi connectivity index (χ0v) is 15.9. The molecule has 5 nitrogen and oxygen atoms in total. The maximum absolute atomic E-state index is 14.4. The molecule has 10 heteroatoms. The van der Waals surface area contributed by atoms with E-state index in [2.05, 4.69) is 0 Å². The Bertz CT molecular complexity index is 929. The van der Waals surface area contributed by atoms with Gasteiger partial charge in [-0.1, -0.05) is 24.3 Å². The number of ether oxygens (including phenoxy) is 2. The summed E-state index contributed by atoms with van der Waals surface area (Å²) in [5, 5.41) is 29.2. The fourth-order valence-corrected chi connectivity index (χ4v) is 3.04. The van der Waals surface area contributed by atoms with Crippen LogP contribution in [0.5, 0.6) is 5.75 Å². The van der Waals surface area contributed by atoms with E-state index in [1.54, 1.807) is 0 Å². The van der Waals surface area contributed by atoms with Gasteiger partial charge in [0.15, 0.2) is 11.6 Å². The van der Waals surface area contributed by atoms with Crippen LogP contribution in [0.4, 0.5) is 22.0 Å². The highest BCUT2D eigenvalue weighted by atomic mass is 19.4. The molecule has 0 spiro atoms. The van der Waals surface area contributed by atoms with E-state index < -0.39 is 60.3 Å². The molecule has 1 aliphatic rings. The summed E-state index contributed by atoms with van der Waals surface area (Å²) in [6.07, 6.45) is -7.28. The van der Waals surface area contributed by atoms with Crippen molar-refractivity contribution in [2.45, 2.75) is 37.2 Å². The van der Waals surface area contributed by atoms with Gasteiger partial charge in [-0.15, -0.1) is 0 Å². The molecule has 0 bridgehead atoms. The Labute approximate surface area is 174 Å². The van der Waals surface area contributed by atoms with E-state index >= 15 is 0 Å². The molecule has 2 aromatic rings. The average molecular weight is 446 g/mol. The molecule has 168 valence electrons. The van der Waals surface area contributed by atoms with Crippen molar-refractivity contribution in [3.63, 3.8) is 0 Å². The summed E-state index contributed by atoms with van der Waals surface area (Å²) >= 11 is 0. The fourth-order valence-electron chi connectivity index (χ4n) is 3.04. The third-order valence-corrected chi connectivity index (χ3v) is 4.67. The van der Waals surface area contributed by atoms with Gasteiger partial charge in [-0.05, 0) is 23.8 Å². The third-order valence-electron chi connectivity index (χ3n) is 4.67. The van der Waals surface area contributed by atoms with Crippen LogP contribution >= 0.6 is 0 Å². The maximum Gasteiger partial charge on any atom is 0.416 e. The molecule has 1 aliphatic heterocycles. The summed E-state index contributed by atoms with van der Waals surface area (Å²) in [5.74, 6) is -2.56. The largest absolute Gasteiger partial charge is 0.458 e. The van der Waals surface area contributed by atoms with E-state index in [4.69, 9.17) is 9.47 Å². The molecule has 0 saturated carbocycles. The van der Waals surface area contributed by atoms with Crippen molar-refractivity contribution in [1.82, 2.24) is 0 Å². The number of rotatable bonds is 5. The summed E-state index contributed by atoms with van der Waals surface area (Å²) < 4.78 is 76.8. The van der Waals surface area contributed by atoms with E-state index in [1.165, 1.54) is 24.3 Å². The van der Waals surface area contributed by atoms with Crippen LogP contribution in [0.3, 0.4) is 0 Å². The van der Waals surface area contributed by atoms with Crippen LogP contribution in [0.25, 0.3) is 12.2 Å². The number of halogens is 5. The molecule has 0 radical (unpaired) electrons. The molecule has 0 amide bonds. The number of aliphatic hydroxyl groups excluding tert-OH is 3. The molecule has 1 fully saturated rings. The van der Waals surface area contributed by atoms with Gasteiger partial charge in [0, 0.05) is 18.1 Å². The Balaban J connectivity index is 1.87. The zero-order valence-electron chi connectivity index (χ0n) is 15.9. The highest BCUT2D eigenvalue weighted by Crippen LogP contribution is 2.32. The topological polar surface area (TPSA) is 79.2 Å². The van der Waals surface area contributed by atoms with Gasteiger partial charge in [-0.2, -0.15) is 13.2 Å². The minimum Gasteiger partial charge on any atom is -0.458 e. The monoisotopic (exact) mass is 446 g/mol. The van der Waals surface area contributed by atoms with Crippen molar-refractivity contribution in [1.29, 1.82) is 0 Å². The first kappa shape index (κ1) is 23.1. The van der Waals surface area contributed by atoms with Crippen LogP contribution in [0.15, 0.2) is 36.4 Å². The van der Waals surface area contributed by atoms with E-state index in [9.17, 15) is 37.3 Å². The quantitative estimate of drug-likeness (QED) is 0.485. The zero-order chi connectivity index (χ0) is 22.8. The lowest BCUT2D eigenvalue weighted by Gasteiger charge is -2.36. The number of benzene rings is 2. The van der Waals surface area contributed by atoms with Crippen LogP contribution in [0.2, 0.25) is 0 Å². The predicted octanol–water partition coefficient (Wildman–Crippen LogP) is 3.36. The lowest BCUT2D eigenvalue weighted by atomic mass is 10.0. The van der Waals surface area contributed by atoms with Crippen molar-refractivity contribution in [2.24, 2.45) is 0 Å². The second-order valence-corrected chi connectivity index (χ2v) is 6.98. The standard InChI is InChI=1S/C21H19F5O5/c22-14-7-12(4-1-11-2-5-13(6-3-11)21(24,25)26)19(16(23)8-14)31-20-18(29)17(28)9-15(10-27)30-20/h1-8,15,17-18,20,27-29H,9-10H2/b4-1+/t15-,17-,18+,20-/m0/s1. The number of aliphatic hydroxyl groups is 3. The molecule has 0 aromatic heterocycles. The van der Waals surface area contributed by atoms with E-state index in [0.29, 0.717) is 11.6 Å². The van der Waals surface area contributed by atoms with E-state index in [0.717, 1.165) is 18.2 Å². The second-order valence-electron chi connectivity index (χ2n) is 6.98. The summed E-state index contributed by atoms with van der Waals surface area (Å²) in [5.41, 5.74) is -0.631. The minimum absolute atomic E-state index is 0.0654. The number of hydrogen-bond acceptors (Lipinski definition) is 5. The molecule has 3 N–H and O–H groups in total. The Morgan fingerprint density at radius 1 is 1.06 bits per heavy atom. The normalized spacial score (nSPS) is 24.5. The smallest absolute Gasteiger partial charge is 0.416 e. The maximum atomic E-state index is 14.4. The van der Waals surface area contributed by atoms with Gasteiger partial charge in [-0.3, -0.25) is 0 Å². The first-order valence-corrected chi connectivity index (χ1v) is 9.22. The Hall–Kier alpha value is -2.53.